The van der Waals surface area contributed by atoms with Crippen molar-refractivity contribution < 1.29 is 4.79 Å². The molecule has 1 aromatic carbocycles. The Morgan fingerprint density at radius 1 is 1.33 bits per heavy atom. The smallest absolute Gasteiger partial charge is 0.240 e. The van der Waals surface area contributed by atoms with Crippen LogP contribution in [0.25, 0.3) is 0 Å². The average Bonchev–Trinajstić information content (AvgIpc) is 2.83. The third-order valence-electron chi connectivity index (χ3n) is 4.24. The molecule has 0 aromatic heterocycles. The van der Waals surface area contributed by atoms with Gasteiger partial charge in [-0.15, -0.1) is 0 Å². The van der Waals surface area contributed by atoms with Crippen LogP contribution in [0.15, 0.2) is 24.3 Å². The van der Waals surface area contributed by atoms with Crippen LogP contribution in [0, 0.1) is 5.92 Å². The van der Waals surface area contributed by atoms with Crippen LogP contribution in [-0.4, -0.2) is 29.9 Å². The number of carbonyl (C=O) groups excluding carboxylic acids is 1. The molecule has 1 aromatic rings. The second-order valence-electron chi connectivity index (χ2n) is 5.48. The second-order valence-corrected chi connectivity index (χ2v) is 5.48. The maximum Gasteiger partial charge on any atom is 0.240 e. The SMILES string of the molecule is CC1CCNC1C(=O)N1CCc2ccccc2C1. The lowest BCUT2D eigenvalue weighted by molar-refractivity contribution is -0.134. The fourth-order valence-corrected chi connectivity index (χ4v) is 3.05. The minimum absolute atomic E-state index is 0.0373. The van der Waals surface area contributed by atoms with Crippen molar-refractivity contribution in [1.29, 1.82) is 0 Å². The molecule has 2 atom stereocenters. The van der Waals surface area contributed by atoms with Crippen molar-refractivity contribution in [2.45, 2.75) is 32.4 Å². The topological polar surface area (TPSA) is 32.3 Å². The van der Waals surface area contributed by atoms with Crippen LogP contribution < -0.4 is 5.32 Å². The summed E-state index contributed by atoms with van der Waals surface area (Å²) in [5.41, 5.74) is 2.71. The van der Waals surface area contributed by atoms with Crippen molar-refractivity contribution in [2.75, 3.05) is 13.1 Å². The summed E-state index contributed by atoms with van der Waals surface area (Å²) in [7, 11) is 0. The van der Waals surface area contributed by atoms with Crippen molar-refractivity contribution in [2.24, 2.45) is 5.92 Å². The molecule has 0 radical (unpaired) electrons. The summed E-state index contributed by atoms with van der Waals surface area (Å²) in [6, 6.07) is 8.49. The van der Waals surface area contributed by atoms with Crippen LogP contribution in [0.3, 0.4) is 0 Å². The Morgan fingerprint density at radius 2 is 2.11 bits per heavy atom. The number of fused-ring (bicyclic) bond motifs is 1. The lowest BCUT2D eigenvalue weighted by Crippen LogP contribution is -2.47. The van der Waals surface area contributed by atoms with Gasteiger partial charge < -0.3 is 10.2 Å². The van der Waals surface area contributed by atoms with E-state index in [1.54, 1.807) is 0 Å². The van der Waals surface area contributed by atoms with E-state index in [-0.39, 0.29) is 11.9 Å². The van der Waals surface area contributed by atoms with E-state index in [4.69, 9.17) is 0 Å². The number of carbonyl (C=O) groups is 1. The van der Waals surface area contributed by atoms with E-state index in [1.165, 1.54) is 11.1 Å². The number of hydrogen-bond donors (Lipinski definition) is 1. The van der Waals surface area contributed by atoms with Crippen LogP contribution in [0.4, 0.5) is 0 Å². The van der Waals surface area contributed by atoms with Gasteiger partial charge in [0.1, 0.15) is 0 Å². The van der Waals surface area contributed by atoms with Gasteiger partial charge in [-0.05, 0) is 36.4 Å². The van der Waals surface area contributed by atoms with E-state index in [9.17, 15) is 4.79 Å². The molecule has 96 valence electrons. The lowest BCUT2D eigenvalue weighted by Gasteiger charge is -2.31. The first-order valence-corrected chi connectivity index (χ1v) is 6.84. The van der Waals surface area contributed by atoms with Gasteiger partial charge in [-0.25, -0.2) is 0 Å². The summed E-state index contributed by atoms with van der Waals surface area (Å²) in [6.45, 7) is 4.78. The molecule has 0 spiro atoms. The quantitative estimate of drug-likeness (QED) is 0.813. The van der Waals surface area contributed by atoms with E-state index in [0.29, 0.717) is 5.92 Å². The molecular formula is C15H20N2O. The molecule has 1 N–H and O–H groups in total. The monoisotopic (exact) mass is 244 g/mol. The zero-order valence-electron chi connectivity index (χ0n) is 10.9. The van der Waals surface area contributed by atoms with Crippen molar-refractivity contribution in [3.8, 4) is 0 Å². The molecular weight excluding hydrogens is 224 g/mol. The molecule has 3 rings (SSSR count). The summed E-state index contributed by atoms with van der Waals surface area (Å²) in [5.74, 6) is 0.754. The lowest BCUT2D eigenvalue weighted by atomic mass is 9.97. The highest BCUT2D eigenvalue weighted by atomic mass is 16.2. The highest BCUT2D eigenvalue weighted by Crippen LogP contribution is 2.22. The molecule has 1 fully saturated rings. The Bertz CT molecular complexity index is 458. The third kappa shape index (κ3) is 2.03. The molecule has 3 nitrogen and oxygen atoms in total. The number of hydrogen-bond acceptors (Lipinski definition) is 2. The first kappa shape index (κ1) is 11.7. The number of nitrogens with one attached hydrogen (secondary N) is 1. The Kier molecular flexibility index (Phi) is 3.08. The molecule has 3 heteroatoms. The maximum atomic E-state index is 12.5. The number of rotatable bonds is 1. The van der Waals surface area contributed by atoms with Gasteiger partial charge in [-0.3, -0.25) is 4.79 Å². The highest BCUT2D eigenvalue weighted by molar-refractivity contribution is 5.82. The minimum Gasteiger partial charge on any atom is -0.337 e. The molecule has 2 aliphatic heterocycles. The molecule has 1 saturated heterocycles. The Morgan fingerprint density at radius 3 is 2.83 bits per heavy atom. The van der Waals surface area contributed by atoms with Crippen molar-refractivity contribution >= 4 is 5.91 Å². The normalized spacial score (nSPS) is 27.1. The van der Waals surface area contributed by atoms with Gasteiger partial charge in [0.15, 0.2) is 0 Å². The zero-order chi connectivity index (χ0) is 12.5. The fraction of sp³-hybridized carbons (Fsp3) is 0.533. The Labute approximate surface area is 108 Å². The molecule has 0 saturated carbocycles. The van der Waals surface area contributed by atoms with Crippen LogP contribution in [-0.2, 0) is 17.8 Å². The van der Waals surface area contributed by atoms with Crippen molar-refractivity contribution in [1.82, 2.24) is 10.2 Å². The van der Waals surface area contributed by atoms with Crippen LogP contribution in [0.2, 0.25) is 0 Å². The van der Waals surface area contributed by atoms with E-state index in [1.807, 2.05) is 4.90 Å². The van der Waals surface area contributed by atoms with Gasteiger partial charge in [0.2, 0.25) is 5.91 Å². The molecule has 2 heterocycles. The van der Waals surface area contributed by atoms with Gasteiger partial charge in [-0.1, -0.05) is 31.2 Å². The standard InChI is InChI=1S/C15H20N2O/c1-11-6-8-16-14(11)15(18)17-9-7-12-4-2-3-5-13(12)10-17/h2-5,11,14,16H,6-10H2,1H3. The van der Waals surface area contributed by atoms with E-state index in [0.717, 1.165) is 32.5 Å². The van der Waals surface area contributed by atoms with E-state index >= 15 is 0 Å². The van der Waals surface area contributed by atoms with Gasteiger partial charge in [0, 0.05) is 13.1 Å². The second kappa shape index (κ2) is 4.73. The van der Waals surface area contributed by atoms with E-state index in [2.05, 4.69) is 36.5 Å². The van der Waals surface area contributed by atoms with Gasteiger partial charge in [-0.2, -0.15) is 0 Å². The maximum absolute atomic E-state index is 12.5. The van der Waals surface area contributed by atoms with E-state index < -0.39 is 0 Å². The molecule has 0 aliphatic carbocycles. The number of amides is 1. The summed E-state index contributed by atoms with van der Waals surface area (Å²) < 4.78 is 0. The Hall–Kier alpha value is -1.35. The zero-order valence-corrected chi connectivity index (χ0v) is 10.9. The highest BCUT2D eigenvalue weighted by Gasteiger charge is 2.33. The molecule has 2 aliphatic rings. The Balaban J connectivity index is 1.74. The van der Waals surface area contributed by atoms with Crippen molar-refractivity contribution in [3.63, 3.8) is 0 Å². The van der Waals surface area contributed by atoms with Gasteiger partial charge in [0.25, 0.3) is 0 Å². The average molecular weight is 244 g/mol. The van der Waals surface area contributed by atoms with Gasteiger partial charge >= 0.3 is 0 Å². The number of benzene rings is 1. The third-order valence-corrected chi connectivity index (χ3v) is 4.24. The largest absolute Gasteiger partial charge is 0.337 e. The molecule has 0 bridgehead atoms. The fourth-order valence-electron chi connectivity index (χ4n) is 3.05. The summed E-state index contributed by atoms with van der Waals surface area (Å²) in [5, 5.41) is 3.34. The predicted molar refractivity (Wildman–Crippen MR) is 71.1 cm³/mol. The predicted octanol–water partition coefficient (Wildman–Crippen LogP) is 1.57. The number of nitrogens with zero attached hydrogens (tertiary/aromatic N) is 1. The summed E-state index contributed by atoms with van der Waals surface area (Å²) in [6.07, 6.45) is 2.10. The molecule has 1 amide bonds. The van der Waals surface area contributed by atoms with Crippen LogP contribution >= 0.6 is 0 Å². The summed E-state index contributed by atoms with van der Waals surface area (Å²) in [4.78, 5) is 14.5. The molecule has 18 heavy (non-hydrogen) atoms. The first-order chi connectivity index (χ1) is 8.75. The van der Waals surface area contributed by atoms with Crippen molar-refractivity contribution in [3.05, 3.63) is 35.4 Å². The molecule has 2 unspecified atom stereocenters. The first-order valence-electron chi connectivity index (χ1n) is 6.84. The summed E-state index contributed by atoms with van der Waals surface area (Å²) >= 11 is 0. The minimum atomic E-state index is 0.0373. The van der Waals surface area contributed by atoms with Crippen LogP contribution in [0.1, 0.15) is 24.5 Å². The van der Waals surface area contributed by atoms with Gasteiger partial charge in [0.05, 0.1) is 6.04 Å². The van der Waals surface area contributed by atoms with Crippen LogP contribution in [0.5, 0.6) is 0 Å².